The summed E-state index contributed by atoms with van der Waals surface area (Å²) >= 11 is 0. The lowest BCUT2D eigenvalue weighted by atomic mass is 9.67. The molecule has 1 saturated carbocycles. The van der Waals surface area contributed by atoms with E-state index >= 15 is 0 Å². The van der Waals surface area contributed by atoms with E-state index in [0.717, 1.165) is 30.5 Å². The maximum absolute atomic E-state index is 13.2. The number of likely N-dealkylation sites (tertiary alicyclic amines) is 1. The molecule has 142 valence electrons. The van der Waals surface area contributed by atoms with E-state index < -0.39 is 5.60 Å². The molecule has 5 heteroatoms. The van der Waals surface area contributed by atoms with Crippen molar-refractivity contribution in [1.82, 2.24) is 9.88 Å². The van der Waals surface area contributed by atoms with Crippen LogP contribution in [0, 0.1) is 18.8 Å². The van der Waals surface area contributed by atoms with Gasteiger partial charge in [0.2, 0.25) is 0 Å². The first kappa shape index (κ1) is 18.0. The van der Waals surface area contributed by atoms with Crippen LogP contribution in [0.5, 0.6) is 5.75 Å². The highest BCUT2D eigenvalue weighted by atomic mass is 16.5. The molecule has 1 saturated heterocycles. The van der Waals surface area contributed by atoms with Crippen LogP contribution in [0.4, 0.5) is 0 Å². The molecule has 0 unspecified atom stereocenters. The van der Waals surface area contributed by atoms with E-state index in [-0.39, 0.29) is 11.8 Å². The third kappa shape index (κ3) is 3.10. The summed E-state index contributed by atoms with van der Waals surface area (Å²) in [5.74, 6) is 0.842. The number of hydrogen-bond donors (Lipinski definition) is 1. The van der Waals surface area contributed by atoms with Crippen molar-refractivity contribution in [2.75, 3.05) is 20.2 Å². The van der Waals surface area contributed by atoms with Gasteiger partial charge in [-0.15, -0.1) is 0 Å². The van der Waals surface area contributed by atoms with Crippen LogP contribution >= 0.6 is 0 Å². The lowest BCUT2D eigenvalue weighted by molar-refractivity contribution is -0.0644. The van der Waals surface area contributed by atoms with Crippen molar-refractivity contribution in [1.29, 1.82) is 0 Å². The number of hydrogen-bond acceptors (Lipinski definition) is 4. The second kappa shape index (κ2) is 6.97. The molecular formula is C22H26N2O3. The van der Waals surface area contributed by atoms with Gasteiger partial charge in [-0.1, -0.05) is 30.3 Å². The molecule has 1 aromatic carbocycles. The number of methoxy groups -OCH3 is 1. The number of aliphatic hydroxyl groups is 1. The number of carbonyl (C=O) groups excluding carboxylic acids is 1. The van der Waals surface area contributed by atoms with Crippen molar-refractivity contribution in [3.8, 4) is 5.75 Å². The highest BCUT2D eigenvalue weighted by Gasteiger charge is 2.50. The number of ether oxygens (including phenoxy) is 1. The first-order valence-electron chi connectivity index (χ1n) is 9.60. The summed E-state index contributed by atoms with van der Waals surface area (Å²) in [6.07, 6.45) is 4.38. The zero-order valence-corrected chi connectivity index (χ0v) is 15.9. The topological polar surface area (TPSA) is 62.7 Å². The van der Waals surface area contributed by atoms with E-state index in [2.05, 4.69) is 4.98 Å². The Kier molecular flexibility index (Phi) is 4.64. The standard InChI is InChI=1S/C22H26N2O3/c1-15-11-18(20(27-2)12-23-15)21(25)24-13-16-7-6-10-22(26,19(16)14-24)17-8-4-3-5-9-17/h3-5,8-9,11-12,16,19,26H,6-7,10,13-14H2,1-2H3/t16-,19+,22+/m0/s1. The normalized spacial score (nSPS) is 27.3. The molecule has 0 spiro atoms. The maximum atomic E-state index is 13.2. The summed E-state index contributed by atoms with van der Waals surface area (Å²) in [5.41, 5.74) is 1.44. The van der Waals surface area contributed by atoms with Crippen molar-refractivity contribution in [3.63, 3.8) is 0 Å². The average Bonchev–Trinajstić information content (AvgIpc) is 3.14. The third-order valence-corrected chi connectivity index (χ3v) is 6.20. The molecule has 2 aromatic rings. The number of rotatable bonds is 3. The van der Waals surface area contributed by atoms with Crippen LogP contribution in [-0.4, -0.2) is 41.1 Å². The van der Waals surface area contributed by atoms with Gasteiger partial charge in [0.1, 0.15) is 5.75 Å². The van der Waals surface area contributed by atoms with E-state index in [9.17, 15) is 9.90 Å². The van der Waals surface area contributed by atoms with Crippen molar-refractivity contribution in [2.24, 2.45) is 11.8 Å². The van der Waals surface area contributed by atoms with Crippen molar-refractivity contribution in [3.05, 3.63) is 59.4 Å². The molecule has 1 aromatic heterocycles. The highest BCUT2D eigenvalue weighted by molar-refractivity contribution is 5.97. The second-order valence-electron chi connectivity index (χ2n) is 7.79. The largest absolute Gasteiger partial charge is 0.494 e. The van der Waals surface area contributed by atoms with Gasteiger partial charge >= 0.3 is 0 Å². The summed E-state index contributed by atoms with van der Waals surface area (Å²) in [6.45, 7) is 3.12. The Morgan fingerprint density at radius 2 is 2.07 bits per heavy atom. The molecule has 1 aliphatic carbocycles. The van der Waals surface area contributed by atoms with Crippen molar-refractivity contribution < 1.29 is 14.6 Å². The summed E-state index contributed by atoms with van der Waals surface area (Å²) < 4.78 is 5.35. The third-order valence-electron chi connectivity index (χ3n) is 6.20. The van der Waals surface area contributed by atoms with Crippen LogP contribution in [0.25, 0.3) is 0 Å². The van der Waals surface area contributed by atoms with E-state index in [1.165, 1.54) is 0 Å². The zero-order valence-electron chi connectivity index (χ0n) is 15.9. The molecule has 0 bridgehead atoms. The van der Waals surface area contributed by atoms with Gasteiger partial charge in [0.15, 0.2) is 0 Å². The van der Waals surface area contributed by atoms with Gasteiger partial charge in [0, 0.05) is 24.7 Å². The van der Waals surface area contributed by atoms with Crippen LogP contribution in [-0.2, 0) is 5.60 Å². The Hall–Kier alpha value is -2.40. The fourth-order valence-corrected chi connectivity index (χ4v) is 4.82. The number of amides is 1. The van der Waals surface area contributed by atoms with E-state index in [1.807, 2.05) is 42.2 Å². The average molecular weight is 366 g/mol. The molecule has 2 aliphatic rings. The van der Waals surface area contributed by atoms with Crippen LogP contribution < -0.4 is 4.74 Å². The van der Waals surface area contributed by atoms with Crippen molar-refractivity contribution >= 4 is 5.91 Å². The Bertz CT molecular complexity index is 839. The molecule has 1 N–H and O–H groups in total. The minimum absolute atomic E-state index is 0.0397. The van der Waals surface area contributed by atoms with Gasteiger partial charge in [0.25, 0.3) is 5.91 Å². The summed E-state index contributed by atoms with van der Waals surface area (Å²) in [6, 6.07) is 11.7. The molecule has 0 radical (unpaired) electrons. The quantitative estimate of drug-likeness (QED) is 0.906. The number of aryl methyl sites for hydroxylation is 1. The monoisotopic (exact) mass is 366 g/mol. The highest BCUT2D eigenvalue weighted by Crippen LogP contribution is 2.48. The molecular weight excluding hydrogens is 340 g/mol. The number of benzene rings is 1. The van der Waals surface area contributed by atoms with E-state index in [0.29, 0.717) is 30.3 Å². The Labute approximate surface area is 160 Å². The lowest BCUT2D eigenvalue weighted by Crippen LogP contribution is -2.42. The maximum Gasteiger partial charge on any atom is 0.257 e. The van der Waals surface area contributed by atoms with Gasteiger partial charge in [-0.05, 0) is 43.7 Å². The SMILES string of the molecule is COc1cnc(C)cc1C(=O)N1C[C@@H]2CCC[C@@](O)(c3ccccc3)[C@@H]2C1. The van der Waals surface area contributed by atoms with E-state index in [4.69, 9.17) is 4.74 Å². The summed E-state index contributed by atoms with van der Waals surface area (Å²) in [5, 5.41) is 11.6. The van der Waals surface area contributed by atoms with Crippen molar-refractivity contribution in [2.45, 2.75) is 31.8 Å². The zero-order chi connectivity index (χ0) is 19.0. The van der Waals surface area contributed by atoms with Gasteiger partial charge in [0.05, 0.1) is 24.5 Å². The molecule has 3 atom stereocenters. The molecule has 2 heterocycles. The minimum Gasteiger partial charge on any atom is -0.494 e. The first-order valence-corrected chi connectivity index (χ1v) is 9.60. The van der Waals surface area contributed by atoms with Crippen LogP contribution in [0.3, 0.4) is 0 Å². The Morgan fingerprint density at radius 1 is 1.30 bits per heavy atom. The fraction of sp³-hybridized carbons (Fsp3) is 0.455. The number of carbonyl (C=O) groups is 1. The van der Waals surface area contributed by atoms with Gasteiger partial charge in [-0.25, -0.2) is 0 Å². The Morgan fingerprint density at radius 3 is 2.81 bits per heavy atom. The summed E-state index contributed by atoms with van der Waals surface area (Å²) in [7, 11) is 1.56. The first-order chi connectivity index (χ1) is 13.0. The fourth-order valence-electron chi connectivity index (χ4n) is 4.82. The second-order valence-corrected chi connectivity index (χ2v) is 7.79. The lowest BCUT2D eigenvalue weighted by Gasteiger charge is -2.41. The Balaban J connectivity index is 1.62. The summed E-state index contributed by atoms with van der Waals surface area (Å²) in [4.78, 5) is 19.3. The van der Waals surface area contributed by atoms with Crippen LogP contribution in [0.1, 0.15) is 40.9 Å². The van der Waals surface area contributed by atoms with Crippen LogP contribution in [0.2, 0.25) is 0 Å². The predicted molar refractivity (Wildman–Crippen MR) is 103 cm³/mol. The van der Waals surface area contributed by atoms with Crippen LogP contribution in [0.15, 0.2) is 42.6 Å². The van der Waals surface area contributed by atoms with Gasteiger partial charge in [-0.3, -0.25) is 9.78 Å². The van der Waals surface area contributed by atoms with E-state index in [1.54, 1.807) is 19.4 Å². The number of aromatic nitrogens is 1. The number of pyridine rings is 1. The molecule has 1 aliphatic heterocycles. The van der Waals surface area contributed by atoms with Gasteiger partial charge in [-0.2, -0.15) is 0 Å². The number of nitrogens with zero attached hydrogens (tertiary/aromatic N) is 2. The van der Waals surface area contributed by atoms with Gasteiger partial charge < -0.3 is 14.7 Å². The molecule has 27 heavy (non-hydrogen) atoms. The number of fused-ring (bicyclic) bond motifs is 1. The smallest absolute Gasteiger partial charge is 0.257 e. The molecule has 2 fully saturated rings. The molecule has 1 amide bonds. The predicted octanol–water partition coefficient (Wildman–Crippen LogP) is 3.16. The molecule has 4 rings (SSSR count). The molecule has 5 nitrogen and oxygen atoms in total. The minimum atomic E-state index is -0.864.